The molecule has 1 fully saturated rings. The first kappa shape index (κ1) is 16.5. The molecule has 0 bridgehead atoms. The van der Waals surface area contributed by atoms with E-state index in [4.69, 9.17) is 0 Å². The summed E-state index contributed by atoms with van der Waals surface area (Å²) in [5, 5.41) is 13.8. The van der Waals surface area contributed by atoms with Gasteiger partial charge in [-0.05, 0) is 29.8 Å². The number of hydrogen-bond acceptors (Lipinski definition) is 5. The van der Waals surface area contributed by atoms with E-state index in [9.17, 15) is 9.18 Å². The molecule has 0 atom stereocenters. The van der Waals surface area contributed by atoms with Crippen molar-refractivity contribution in [3.05, 3.63) is 59.8 Å². The molecule has 7 nitrogen and oxygen atoms in total. The highest BCUT2D eigenvalue weighted by Gasteiger charge is 2.15. The maximum Gasteiger partial charge on any atom is 0.253 e. The first-order valence-electron chi connectivity index (χ1n) is 8.52. The van der Waals surface area contributed by atoms with Gasteiger partial charge in [0.15, 0.2) is 5.65 Å². The minimum atomic E-state index is -0.260. The third-order valence-corrected chi connectivity index (χ3v) is 4.48. The van der Waals surface area contributed by atoms with Crippen LogP contribution < -0.4 is 15.5 Å². The lowest BCUT2D eigenvalue weighted by Crippen LogP contribution is -2.43. The van der Waals surface area contributed by atoms with Crippen LogP contribution in [-0.4, -0.2) is 46.7 Å². The number of carbonyl (C=O) groups excluding carboxylic acids is 1. The Kier molecular flexibility index (Phi) is 4.49. The van der Waals surface area contributed by atoms with E-state index in [1.165, 1.54) is 12.4 Å². The second kappa shape index (κ2) is 7.09. The number of carbonyl (C=O) groups is 1. The fraction of sp³-hybridized carbons (Fsp3) is 0.278. The Labute approximate surface area is 149 Å². The zero-order valence-electron chi connectivity index (χ0n) is 14.2. The SMILES string of the molecule is O=C(NCc1ccc(N2CCNCC2)c(F)c1)c1ccc2nncn2c1. The summed E-state index contributed by atoms with van der Waals surface area (Å²) in [5.74, 6) is -0.489. The Balaban J connectivity index is 1.42. The highest BCUT2D eigenvalue weighted by atomic mass is 19.1. The number of anilines is 1. The number of piperazine rings is 1. The topological polar surface area (TPSA) is 74.6 Å². The second-order valence-corrected chi connectivity index (χ2v) is 6.22. The van der Waals surface area contributed by atoms with Crippen LogP contribution in [0.4, 0.5) is 10.1 Å². The van der Waals surface area contributed by atoms with Crippen molar-refractivity contribution in [3.63, 3.8) is 0 Å². The molecule has 4 rings (SSSR count). The summed E-state index contributed by atoms with van der Waals surface area (Å²) < 4.78 is 16.1. The molecule has 2 N–H and O–H groups in total. The van der Waals surface area contributed by atoms with Crippen molar-refractivity contribution in [1.82, 2.24) is 25.2 Å². The van der Waals surface area contributed by atoms with Gasteiger partial charge in [0.1, 0.15) is 12.1 Å². The molecule has 0 radical (unpaired) electrons. The van der Waals surface area contributed by atoms with Gasteiger partial charge < -0.3 is 15.5 Å². The van der Waals surface area contributed by atoms with Gasteiger partial charge in [0.05, 0.1) is 11.3 Å². The second-order valence-electron chi connectivity index (χ2n) is 6.22. The Morgan fingerprint density at radius 1 is 1.23 bits per heavy atom. The van der Waals surface area contributed by atoms with Gasteiger partial charge in [0, 0.05) is 38.9 Å². The molecule has 1 saturated heterocycles. The molecule has 1 aliphatic heterocycles. The van der Waals surface area contributed by atoms with Crippen LogP contribution in [0.5, 0.6) is 0 Å². The molecule has 0 unspecified atom stereocenters. The summed E-state index contributed by atoms with van der Waals surface area (Å²) in [5.41, 5.74) is 2.50. The van der Waals surface area contributed by atoms with Crippen LogP contribution in [0.3, 0.4) is 0 Å². The average molecular weight is 354 g/mol. The molecule has 0 aliphatic carbocycles. The lowest BCUT2D eigenvalue weighted by atomic mass is 10.1. The van der Waals surface area contributed by atoms with Crippen molar-refractivity contribution < 1.29 is 9.18 Å². The maximum atomic E-state index is 14.4. The van der Waals surface area contributed by atoms with E-state index in [0.29, 0.717) is 16.9 Å². The molecular formula is C18H19FN6O. The van der Waals surface area contributed by atoms with Crippen LogP contribution in [0.25, 0.3) is 5.65 Å². The highest BCUT2D eigenvalue weighted by Crippen LogP contribution is 2.21. The Hall–Kier alpha value is -3.00. The third-order valence-electron chi connectivity index (χ3n) is 4.48. The molecule has 3 heterocycles. The van der Waals surface area contributed by atoms with Crippen molar-refractivity contribution in [2.75, 3.05) is 31.1 Å². The smallest absolute Gasteiger partial charge is 0.253 e. The standard InChI is InChI=1S/C18H19FN6O/c19-15-9-13(1-3-16(15)24-7-5-20-6-8-24)10-21-18(26)14-2-4-17-23-22-12-25(17)11-14/h1-4,9,11-12,20H,5-8,10H2,(H,21,26). The van der Waals surface area contributed by atoms with Gasteiger partial charge >= 0.3 is 0 Å². The number of nitrogens with zero attached hydrogens (tertiary/aromatic N) is 4. The Bertz CT molecular complexity index is 934. The van der Waals surface area contributed by atoms with Crippen LogP contribution >= 0.6 is 0 Å². The monoisotopic (exact) mass is 354 g/mol. The summed E-state index contributed by atoms with van der Waals surface area (Å²) in [6.45, 7) is 3.55. The van der Waals surface area contributed by atoms with Gasteiger partial charge in [-0.2, -0.15) is 0 Å². The van der Waals surface area contributed by atoms with Crippen LogP contribution in [0.1, 0.15) is 15.9 Å². The predicted molar refractivity (Wildman–Crippen MR) is 95.6 cm³/mol. The first-order chi connectivity index (χ1) is 12.7. The number of nitrogens with one attached hydrogen (secondary N) is 2. The quantitative estimate of drug-likeness (QED) is 0.737. The molecule has 134 valence electrons. The summed E-state index contributed by atoms with van der Waals surface area (Å²) in [4.78, 5) is 14.3. The number of rotatable bonds is 4. The maximum absolute atomic E-state index is 14.4. The van der Waals surface area contributed by atoms with E-state index in [1.54, 1.807) is 28.8 Å². The van der Waals surface area contributed by atoms with E-state index in [2.05, 4.69) is 20.8 Å². The van der Waals surface area contributed by atoms with Crippen molar-refractivity contribution in [2.24, 2.45) is 0 Å². The van der Waals surface area contributed by atoms with E-state index in [1.807, 2.05) is 11.0 Å². The number of amides is 1. The van der Waals surface area contributed by atoms with Gasteiger partial charge in [-0.15, -0.1) is 10.2 Å². The summed E-state index contributed by atoms with van der Waals surface area (Å²) in [6.07, 6.45) is 3.20. The summed E-state index contributed by atoms with van der Waals surface area (Å²) in [7, 11) is 0. The number of halogens is 1. The van der Waals surface area contributed by atoms with Crippen molar-refractivity contribution in [1.29, 1.82) is 0 Å². The van der Waals surface area contributed by atoms with E-state index < -0.39 is 0 Å². The van der Waals surface area contributed by atoms with Gasteiger partial charge in [-0.3, -0.25) is 9.20 Å². The molecule has 26 heavy (non-hydrogen) atoms. The Morgan fingerprint density at radius 2 is 2.08 bits per heavy atom. The zero-order chi connectivity index (χ0) is 17.9. The molecule has 0 spiro atoms. The molecule has 3 aromatic rings. The average Bonchev–Trinajstić information content (AvgIpc) is 3.14. The van der Waals surface area contributed by atoms with Crippen LogP contribution in [0, 0.1) is 5.82 Å². The normalized spacial score (nSPS) is 14.6. The largest absolute Gasteiger partial charge is 0.367 e. The molecule has 8 heteroatoms. The minimum absolute atomic E-state index is 0.229. The minimum Gasteiger partial charge on any atom is -0.367 e. The van der Waals surface area contributed by atoms with Crippen molar-refractivity contribution in [3.8, 4) is 0 Å². The molecule has 0 saturated carbocycles. The van der Waals surface area contributed by atoms with Gasteiger partial charge in [0.2, 0.25) is 0 Å². The fourth-order valence-corrected chi connectivity index (χ4v) is 3.07. The fourth-order valence-electron chi connectivity index (χ4n) is 3.07. The molecule has 1 aromatic carbocycles. The number of aromatic nitrogens is 3. The van der Waals surface area contributed by atoms with E-state index in [-0.39, 0.29) is 18.3 Å². The van der Waals surface area contributed by atoms with Crippen molar-refractivity contribution in [2.45, 2.75) is 6.54 Å². The highest BCUT2D eigenvalue weighted by molar-refractivity contribution is 5.94. The van der Waals surface area contributed by atoms with Crippen molar-refractivity contribution >= 4 is 17.2 Å². The van der Waals surface area contributed by atoms with Crippen LogP contribution in [-0.2, 0) is 6.54 Å². The summed E-state index contributed by atoms with van der Waals surface area (Å²) in [6, 6.07) is 8.53. The van der Waals surface area contributed by atoms with E-state index in [0.717, 1.165) is 31.7 Å². The molecule has 1 aliphatic rings. The van der Waals surface area contributed by atoms with Gasteiger partial charge in [0.25, 0.3) is 5.91 Å². The Morgan fingerprint density at radius 3 is 2.88 bits per heavy atom. The molecular weight excluding hydrogens is 335 g/mol. The van der Waals surface area contributed by atoms with Crippen LogP contribution in [0.2, 0.25) is 0 Å². The van der Waals surface area contributed by atoms with Gasteiger partial charge in [-0.1, -0.05) is 6.07 Å². The molecule has 1 amide bonds. The summed E-state index contributed by atoms with van der Waals surface area (Å²) >= 11 is 0. The predicted octanol–water partition coefficient (Wildman–Crippen LogP) is 1.21. The van der Waals surface area contributed by atoms with Crippen LogP contribution in [0.15, 0.2) is 42.9 Å². The number of pyridine rings is 1. The number of fused-ring (bicyclic) bond motifs is 1. The lowest BCUT2D eigenvalue weighted by Gasteiger charge is -2.29. The first-order valence-corrected chi connectivity index (χ1v) is 8.52. The van der Waals surface area contributed by atoms with Gasteiger partial charge in [-0.25, -0.2) is 4.39 Å². The number of benzene rings is 1. The third kappa shape index (κ3) is 3.36. The lowest BCUT2D eigenvalue weighted by molar-refractivity contribution is 0.0950. The van der Waals surface area contributed by atoms with E-state index >= 15 is 0 Å². The molecule has 2 aromatic heterocycles. The zero-order valence-corrected chi connectivity index (χ0v) is 14.2. The number of hydrogen-bond donors (Lipinski definition) is 2.